The van der Waals surface area contributed by atoms with Crippen LogP contribution in [0.15, 0.2) is 0 Å². The largest absolute Gasteiger partial charge is 0.481 e. The van der Waals surface area contributed by atoms with Crippen LogP contribution in [0.25, 0.3) is 0 Å². The molecule has 0 aliphatic rings. The molecule has 0 radical (unpaired) electrons. The number of unbranched alkanes of at least 4 members (excludes halogenated alkanes) is 18. The third-order valence-corrected chi connectivity index (χ3v) is 9.14. The van der Waals surface area contributed by atoms with Crippen LogP contribution in [0.4, 0.5) is 0 Å². The number of aliphatic hydroxyl groups excluding tert-OH is 1. The Morgan fingerprint density at radius 2 is 0.955 bits per heavy atom. The fourth-order valence-corrected chi connectivity index (χ4v) is 6.49. The molecule has 6 heteroatoms. The maximum Gasteiger partial charge on any atom is 0.306 e. The van der Waals surface area contributed by atoms with Gasteiger partial charge in [0.05, 0.1) is 6.61 Å². The zero-order chi connectivity index (χ0) is 32.6. The number of hydrogen-bond acceptors (Lipinski definition) is 5. The summed E-state index contributed by atoms with van der Waals surface area (Å²) in [6.07, 6.45) is 30.7. The SMILES string of the molecule is CCCCCCCCC(CCC)(CCCCCCCC)OC(=O)CCCCCCCN(CCO)CCCCCCCC(=O)O. The van der Waals surface area contributed by atoms with Gasteiger partial charge in [-0.2, -0.15) is 0 Å². The van der Waals surface area contributed by atoms with E-state index in [-0.39, 0.29) is 24.6 Å². The number of esters is 1. The smallest absolute Gasteiger partial charge is 0.306 e. The molecule has 0 fully saturated rings. The van der Waals surface area contributed by atoms with Gasteiger partial charge in [-0.15, -0.1) is 0 Å². The third-order valence-electron chi connectivity index (χ3n) is 9.14. The molecule has 262 valence electrons. The first-order valence-electron chi connectivity index (χ1n) is 19.2. The van der Waals surface area contributed by atoms with E-state index in [0.717, 1.165) is 110 Å². The molecule has 0 spiro atoms. The number of carboxylic acid groups (broad SMARTS) is 1. The summed E-state index contributed by atoms with van der Waals surface area (Å²) < 4.78 is 6.40. The number of aliphatic carboxylic acids is 1. The Kier molecular flexibility index (Phi) is 31.0. The molecule has 0 aliphatic heterocycles. The van der Waals surface area contributed by atoms with E-state index < -0.39 is 5.97 Å². The maximum absolute atomic E-state index is 13.1. The van der Waals surface area contributed by atoms with Crippen LogP contribution in [0.3, 0.4) is 0 Å². The van der Waals surface area contributed by atoms with Gasteiger partial charge in [0, 0.05) is 19.4 Å². The van der Waals surface area contributed by atoms with E-state index in [1.54, 1.807) is 0 Å². The zero-order valence-electron chi connectivity index (χ0n) is 29.7. The number of ether oxygens (including phenoxy) is 1. The first-order valence-corrected chi connectivity index (χ1v) is 19.2. The van der Waals surface area contributed by atoms with Gasteiger partial charge in [-0.25, -0.2) is 0 Å². The van der Waals surface area contributed by atoms with Gasteiger partial charge in [-0.05, 0) is 70.9 Å². The van der Waals surface area contributed by atoms with Gasteiger partial charge in [0.25, 0.3) is 0 Å². The molecule has 6 nitrogen and oxygen atoms in total. The molecule has 2 N–H and O–H groups in total. The summed E-state index contributed by atoms with van der Waals surface area (Å²) in [4.78, 5) is 26.0. The van der Waals surface area contributed by atoms with Crippen molar-refractivity contribution in [1.82, 2.24) is 4.90 Å². The number of rotatable bonds is 35. The lowest BCUT2D eigenvalue weighted by Gasteiger charge is -2.34. The second-order valence-electron chi connectivity index (χ2n) is 13.4. The van der Waals surface area contributed by atoms with Gasteiger partial charge < -0.3 is 19.8 Å². The van der Waals surface area contributed by atoms with Gasteiger partial charge in [0.2, 0.25) is 0 Å². The molecule has 0 aromatic carbocycles. The number of hydrogen-bond donors (Lipinski definition) is 2. The molecule has 0 unspecified atom stereocenters. The fourth-order valence-electron chi connectivity index (χ4n) is 6.49. The minimum Gasteiger partial charge on any atom is -0.481 e. The minimum absolute atomic E-state index is 0.0208. The lowest BCUT2D eigenvalue weighted by molar-refractivity contribution is -0.163. The third kappa shape index (κ3) is 27.2. The molecular formula is C38H75NO5. The Morgan fingerprint density at radius 3 is 1.41 bits per heavy atom. The van der Waals surface area contributed by atoms with Crippen LogP contribution in [0.5, 0.6) is 0 Å². The summed E-state index contributed by atoms with van der Waals surface area (Å²) in [7, 11) is 0. The summed E-state index contributed by atoms with van der Waals surface area (Å²) in [5.41, 5.74) is -0.254. The summed E-state index contributed by atoms with van der Waals surface area (Å²) in [6, 6.07) is 0. The summed E-state index contributed by atoms with van der Waals surface area (Å²) >= 11 is 0. The van der Waals surface area contributed by atoms with E-state index >= 15 is 0 Å². The van der Waals surface area contributed by atoms with Gasteiger partial charge in [-0.1, -0.05) is 130 Å². The van der Waals surface area contributed by atoms with Crippen molar-refractivity contribution in [2.24, 2.45) is 0 Å². The Balaban J connectivity index is 4.42. The fraction of sp³-hybridized carbons (Fsp3) is 0.947. The molecule has 0 rings (SSSR count). The molecule has 0 amide bonds. The van der Waals surface area contributed by atoms with Crippen LogP contribution < -0.4 is 0 Å². The standard InChI is InChI=1S/C38H75NO5/c1-4-7-9-11-17-23-30-38(29-6-3,31-24-18-12-10-8-5-2)44-37(43)28-22-16-14-20-26-33-39(34-35-40)32-25-19-13-15-21-27-36(41)42/h40H,4-35H2,1-3H3,(H,41,42). The molecule has 0 atom stereocenters. The van der Waals surface area contributed by atoms with E-state index in [4.69, 9.17) is 9.84 Å². The average molecular weight is 626 g/mol. The Labute approximate surface area is 273 Å². The van der Waals surface area contributed by atoms with Crippen molar-refractivity contribution in [3.63, 3.8) is 0 Å². The predicted molar refractivity (Wildman–Crippen MR) is 186 cm³/mol. The van der Waals surface area contributed by atoms with E-state index in [0.29, 0.717) is 6.42 Å². The topological polar surface area (TPSA) is 87.1 Å². The highest BCUT2D eigenvalue weighted by molar-refractivity contribution is 5.69. The van der Waals surface area contributed by atoms with Crippen molar-refractivity contribution < 1.29 is 24.5 Å². The number of aliphatic hydroxyl groups is 1. The van der Waals surface area contributed by atoms with Crippen LogP contribution in [0, 0.1) is 0 Å². The second kappa shape index (κ2) is 31.8. The number of carbonyl (C=O) groups is 2. The highest BCUT2D eigenvalue weighted by Crippen LogP contribution is 2.33. The highest BCUT2D eigenvalue weighted by atomic mass is 16.6. The summed E-state index contributed by atoms with van der Waals surface area (Å²) in [5.74, 6) is -0.682. The second-order valence-corrected chi connectivity index (χ2v) is 13.4. The van der Waals surface area contributed by atoms with Crippen LogP contribution in [0.2, 0.25) is 0 Å². The lowest BCUT2D eigenvalue weighted by atomic mass is 9.85. The van der Waals surface area contributed by atoms with E-state index in [2.05, 4.69) is 25.7 Å². The number of carbonyl (C=O) groups excluding carboxylic acids is 1. The Hall–Kier alpha value is -1.14. The molecular weight excluding hydrogens is 550 g/mol. The molecule has 0 bridgehead atoms. The van der Waals surface area contributed by atoms with Crippen molar-refractivity contribution in [3.8, 4) is 0 Å². The number of nitrogens with zero attached hydrogens (tertiary/aromatic N) is 1. The lowest BCUT2D eigenvalue weighted by Crippen LogP contribution is -2.35. The molecule has 0 saturated carbocycles. The molecule has 0 aromatic rings. The molecule has 44 heavy (non-hydrogen) atoms. The van der Waals surface area contributed by atoms with E-state index in [1.165, 1.54) is 77.0 Å². The molecule has 0 saturated heterocycles. The predicted octanol–water partition coefficient (Wildman–Crippen LogP) is 10.6. The van der Waals surface area contributed by atoms with Crippen molar-refractivity contribution in [1.29, 1.82) is 0 Å². The monoisotopic (exact) mass is 626 g/mol. The van der Waals surface area contributed by atoms with Gasteiger partial charge in [-0.3, -0.25) is 9.59 Å². The van der Waals surface area contributed by atoms with Crippen molar-refractivity contribution in [3.05, 3.63) is 0 Å². The quantitative estimate of drug-likeness (QED) is 0.0538. The zero-order valence-corrected chi connectivity index (χ0v) is 29.7. The molecule has 0 aliphatic carbocycles. The van der Waals surface area contributed by atoms with Crippen LogP contribution >= 0.6 is 0 Å². The van der Waals surface area contributed by atoms with E-state index in [9.17, 15) is 14.7 Å². The number of carboxylic acids is 1. The normalized spacial score (nSPS) is 11.8. The molecule has 0 heterocycles. The van der Waals surface area contributed by atoms with Crippen LogP contribution in [-0.2, 0) is 14.3 Å². The Bertz CT molecular complexity index is 625. The van der Waals surface area contributed by atoms with Crippen molar-refractivity contribution in [2.75, 3.05) is 26.2 Å². The Morgan fingerprint density at radius 1 is 0.523 bits per heavy atom. The summed E-state index contributed by atoms with van der Waals surface area (Å²) in [5, 5.41) is 18.2. The van der Waals surface area contributed by atoms with Crippen LogP contribution in [-0.4, -0.2) is 58.9 Å². The van der Waals surface area contributed by atoms with Gasteiger partial charge >= 0.3 is 11.9 Å². The van der Waals surface area contributed by atoms with Crippen molar-refractivity contribution >= 4 is 11.9 Å². The summed E-state index contributed by atoms with van der Waals surface area (Å²) in [6.45, 7) is 9.69. The van der Waals surface area contributed by atoms with Crippen molar-refractivity contribution in [2.45, 2.75) is 206 Å². The average Bonchev–Trinajstić information content (AvgIpc) is 2.99. The van der Waals surface area contributed by atoms with Gasteiger partial charge in [0.1, 0.15) is 5.60 Å². The maximum atomic E-state index is 13.1. The molecule has 0 aromatic heterocycles. The van der Waals surface area contributed by atoms with Crippen LogP contribution in [0.1, 0.15) is 201 Å². The first kappa shape index (κ1) is 42.9. The minimum atomic E-state index is -0.703. The van der Waals surface area contributed by atoms with E-state index in [1.807, 2.05) is 0 Å². The van der Waals surface area contributed by atoms with Gasteiger partial charge in [0.15, 0.2) is 0 Å². The highest BCUT2D eigenvalue weighted by Gasteiger charge is 2.32. The first-order chi connectivity index (χ1) is 21.4.